The van der Waals surface area contributed by atoms with Crippen LogP contribution in [0.2, 0.25) is 0 Å². The zero-order valence-corrected chi connectivity index (χ0v) is 9.99. The Bertz CT molecular complexity index is 256. The number of likely N-dealkylation sites (tertiary alicyclic amines) is 1. The second-order valence-corrected chi connectivity index (χ2v) is 4.64. The maximum Gasteiger partial charge on any atom is 0.247 e. The zero-order valence-electron chi connectivity index (χ0n) is 9.99. The fourth-order valence-corrected chi connectivity index (χ4v) is 2.24. The molecule has 1 rings (SSSR count). The summed E-state index contributed by atoms with van der Waals surface area (Å²) >= 11 is 0. The first-order chi connectivity index (χ1) is 7.06. The predicted molar refractivity (Wildman–Crippen MR) is 62.4 cm³/mol. The maximum absolute atomic E-state index is 12.0. The highest BCUT2D eigenvalue weighted by atomic mass is 16.2. The van der Waals surface area contributed by atoms with E-state index in [4.69, 9.17) is 5.73 Å². The van der Waals surface area contributed by atoms with Crippen LogP contribution in [0, 0.1) is 0 Å². The number of allylic oxidation sites excluding steroid dienone is 1. The Hall–Kier alpha value is -0.830. The first-order valence-corrected chi connectivity index (χ1v) is 5.73. The van der Waals surface area contributed by atoms with Crippen LogP contribution >= 0.6 is 0 Å². The van der Waals surface area contributed by atoms with Gasteiger partial charge in [-0.25, -0.2) is 0 Å². The number of amides is 1. The molecule has 0 spiro atoms. The topological polar surface area (TPSA) is 46.3 Å². The quantitative estimate of drug-likeness (QED) is 0.705. The number of hydrogen-bond acceptors (Lipinski definition) is 2. The summed E-state index contributed by atoms with van der Waals surface area (Å²) in [5, 5.41) is 0. The van der Waals surface area contributed by atoms with Crippen LogP contribution in [0.25, 0.3) is 0 Å². The van der Waals surface area contributed by atoms with Crippen LogP contribution in [0.3, 0.4) is 0 Å². The summed E-state index contributed by atoms with van der Waals surface area (Å²) in [5.74, 6) is 0.123. The number of rotatable bonds is 2. The van der Waals surface area contributed by atoms with Gasteiger partial charge in [-0.1, -0.05) is 5.57 Å². The van der Waals surface area contributed by atoms with Crippen molar-refractivity contribution in [3.8, 4) is 0 Å². The van der Waals surface area contributed by atoms with Gasteiger partial charge in [-0.05, 0) is 40.0 Å². The van der Waals surface area contributed by atoms with E-state index < -0.39 is 0 Å². The molecule has 2 unspecified atom stereocenters. The lowest BCUT2D eigenvalue weighted by Crippen LogP contribution is -2.51. The second-order valence-electron chi connectivity index (χ2n) is 4.64. The number of nitrogens with zero attached hydrogens (tertiary/aromatic N) is 1. The zero-order chi connectivity index (χ0) is 11.4. The Morgan fingerprint density at radius 1 is 1.47 bits per heavy atom. The van der Waals surface area contributed by atoms with Crippen LogP contribution in [-0.4, -0.2) is 29.4 Å². The summed E-state index contributed by atoms with van der Waals surface area (Å²) in [7, 11) is 0. The molecule has 1 saturated heterocycles. The normalized spacial score (nSPS) is 26.3. The summed E-state index contributed by atoms with van der Waals surface area (Å²) in [4.78, 5) is 13.9. The standard InChI is InChI=1S/C12H22N2O/c1-9(2)7-12(15)14-10(3)5-4-6-11(14)8-13/h7,10-11H,4-6,8,13H2,1-3H3. The lowest BCUT2D eigenvalue weighted by atomic mass is 9.96. The smallest absolute Gasteiger partial charge is 0.247 e. The molecule has 0 bridgehead atoms. The predicted octanol–water partition coefficient (Wildman–Crippen LogP) is 1.68. The van der Waals surface area contributed by atoms with Crippen molar-refractivity contribution in [2.75, 3.05) is 6.54 Å². The molecule has 0 radical (unpaired) electrons. The van der Waals surface area contributed by atoms with Crippen LogP contribution in [0.15, 0.2) is 11.6 Å². The largest absolute Gasteiger partial charge is 0.332 e. The summed E-state index contributed by atoms with van der Waals surface area (Å²) in [6.45, 7) is 6.58. The van der Waals surface area contributed by atoms with Gasteiger partial charge in [-0.3, -0.25) is 4.79 Å². The number of piperidine rings is 1. The summed E-state index contributed by atoms with van der Waals surface area (Å²) in [6, 6.07) is 0.562. The molecule has 1 fully saturated rings. The minimum Gasteiger partial charge on any atom is -0.332 e. The third-order valence-electron chi connectivity index (χ3n) is 2.97. The van der Waals surface area contributed by atoms with E-state index in [0.717, 1.165) is 18.4 Å². The van der Waals surface area contributed by atoms with Gasteiger partial charge in [0.15, 0.2) is 0 Å². The molecule has 15 heavy (non-hydrogen) atoms. The Balaban J connectivity index is 2.77. The monoisotopic (exact) mass is 210 g/mol. The van der Waals surface area contributed by atoms with Crippen LogP contribution in [-0.2, 0) is 4.79 Å². The summed E-state index contributed by atoms with van der Waals surface area (Å²) < 4.78 is 0. The van der Waals surface area contributed by atoms with Crippen molar-refractivity contribution in [3.05, 3.63) is 11.6 Å². The van der Waals surface area contributed by atoms with Gasteiger partial charge < -0.3 is 10.6 Å². The van der Waals surface area contributed by atoms with E-state index in [-0.39, 0.29) is 11.9 Å². The third kappa shape index (κ3) is 3.06. The fourth-order valence-electron chi connectivity index (χ4n) is 2.24. The molecule has 0 aromatic carbocycles. The highest BCUT2D eigenvalue weighted by Crippen LogP contribution is 2.22. The molecule has 0 saturated carbocycles. The molecule has 1 heterocycles. The van der Waals surface area contributed by atoms with E-state index in [1.807, 2.05) is 18.7 Å². The Labute approximate surface area is 92.3 Å². The van der Waals surface area contributed by atoms with Gasteiger partial charge in [0.1, 0.15) is 0 Å². The van der Waals surface area contributed by atoms with Crippen molar-refractivity contribution in [3.63, 3.8) is 0 Å². The molecule has 2 N–H and O–H groups in total. The Morgan fingerprint density at radius 3 is 2.67 bits per heavy atom. The first kappa shape index (κ1) is 12.2. The van der Waals surface area contributed by atoms with Crippen molar-refractivity contribution in [1.82, 2.24) is 4.90 Å². The average molecular weight is 210 g/mol. The fraction of sp³-hybridized carbons (Fsp3) is 0.750. The van der Waals surface area contributed by atoms with Crippen LogP contribution in [0.5, 0.6) is 0 Å². The van der Waals surface area contributed by atoms with Crippen LogP contribution in [0.4, 0.5) is 0 Å². The maximum atomic E-state index is 12.0. The number of carbonyl (C=O) groups is 1. The lowest BCUT2D eigenvalue weighted by molar-refractivity contribution is -0.132. The van der Waals surface area contributed by atoms with Crippen molar-refractivity contribution >= 4 is 5.91 Å². The van der Waals surface area contributed by atoms with E-state index in [1.54, 1.807) is 6.08 Å². The number of hydrogen-bond donors (Lipinski definition) is 1. The first-order valence-electron chi connectivity index (χ1n) is 5.73. The minimum absolute atomic E-state index is 0.123. The van der Waals surface area contributed by atoms with E-state index in [2.05, 4.69) is 6.92 Å². The highest BCUT2D eigenvalue weighted by molar-refractivity contribution is 5.88. The average Bonchev–Trinajstić information content (AvgIpc) is 2.15. The molecule has 86 valence electrons. The molecule has 1 amide bonds. The van der Waals surface area contributed by atoms with Gasteiger partial charge in [-0.2, -0.15) is 0 Å². The van der Waals surface area contributed by atoms with Crippen LogP contribution < -0.4 is 5.73 Å². The molecule has 3 heteroatoms. The Morgan fingerprint density at radius 2 is 2.13 bits per heavy atom. The summed E-state index contributed by atoms with van der Waals surface area (Å²) in [6.07, 6.45) is 5.04. The lowest BCUT2D eigenvalue weighted by Gasteiger charge is -2.39. The molecule has 0 aromatic heterocycles. The minimum atomic E-state index is 0.123. The Kier molecular flexibility index (Phi) is 4.33. The van der Waals surface area contributed by atoms with E-state index in [9.17, 15) is 4.79 Å². The summed E-state index contributed by atoms with van der Waals surface area (Å²) in [5.41, 5.74) is 6.76. The van der Waals surface area contributed by atoms with Crippen LogP contribution in [0.1, 0.15) is 40.0 Å². The van der Waals surface area contributed by atoms with Crippen molar-refractivity contribution in [2.45, 2.75) is 52.1 Å². The molecule has 1 aliphatic heterocycles. The van der Waals surface area contributed by atoms with Crippen molar-refractivity contribution in [1.29, 1.82) is 0 Å². The highest BCUT2D eigenvalue weighted by Gasteiger charge is 2.29. The SMILES string of the molecule is CC(C)=CC(=O)N1C(C)CCCC1CN. The number of carbonyl (C=O) groups excluding carboxylic acids is 1. The van der Waals surface area contributed by atoms with Gasteiger partial charge in [0.05, 0.1) is 0 Å². The molecule has 3 nitrogen and oxygen atoms in total. The van der Waals surface area contributed by atoms with Crippen molar-refractivity contribution < 1.29 is 4.79 Å². The van der Waals surface area contributed by atoms with Gasteiger partial charge in [0.25, 0.3) is 0 Å². The van der Waals surface area contributed by atoms with Gasteiger partial charge in [0.2, 0.25) is 5.91 Å². The molecule has 2 atom stereocenters. The molecular weight excluding hydrogens is 188 g/mol. The molecule has 1 aliphatic rings. The van der Waals surface area contributed by atoms with Gasteiger partial charge in [-0.15, -0.1) is 0 Å². The third-order valence-corrected chi connectivity index (χ3v) is 2.97. The van der Waals surface area contributed by atoms with E-state index in [1.165, 1.54) is 6.42 Å². The molecule has 0 aliphatic carbocycles. The second kappa shape index (κ2) is 5.31. The number of nitrogens with two attached hydrogens (primary N) is 1. The van der Waals surface area contributed by atoms with Crippen molar-refractivity contribution in [2.24, 2.45) is 5.73 Å². The van der Waals surface area contributed by atoms with E-state index >= 15 is 0 Å². The van der Waals surface area contributed by atoms with Gasteiger partial charge in [0, 0.05) is 24.7 Å². The van der Waals surface area contributed by atoms with Gasteiger partial charge >= 0.3 is 0 Å². The molecule has 0 aromatic rings. The molecular formula is C12H22N2O. The van der Waals surface area contributed by atoms with E-state index in [0.29, 0.717) is 12.6 Å².